The van der Waals surface area contributed by atoms with Crippen molar-refractivity contribution in [2.45, 2.75) is 6.92 Å². The van der Waals surface area contributed by atoms with Crippen LogP contribution in [0.5, 0.6) is 0 Å². The predicted octanol–water partition coefficient (Wildman–Crippen LogP) is 4.44. The molecule has 2 aromatic carbocycles. The number of hydrogen-bond donors (Lipinski definition) is 1. The number of hydrogen-bond acceptors (Lipinski definition) is 2. The standard InChI is InChI=1S/C21H15N3O2/c1-13-18-11-17-9-14-5-2-3-8-19(14)23(17)12-20(18)24(22-13)16-7-4-6-15(10-16)21(25)26/h2-12H,1H3,(H,25,26). The third kappa shape index (κ3) is 2.04. The quantitative estimate of drug-likeness (QED) is 0.516. The molecule has 0 saturated heterocycles. The van der Waals surface area contributed by atoms with Crippen LogP contribution in [0.3, 0.4) is 0 Å². The zero-order valence-corrected chi connectivity index (χ0v) is 14.0. The van der Waals surface area contributed by atoms with Crippen molar-refractivity contribution < 1.29 is 9.90 Å². The van der Waals surface area contributed by atoms with Gasteiger partial charge in [-0.25, -0.2) is 9.48 Å². The summed E-state index contributed by atoms with van der Waals surface area (Å²) in [5.41, 5.74) is 5.08. The number of aryl methyl sites for hydroxylation is 1. The number of para-hydroxylation sites is 1. The average Bonchev–Trinajstić information content (AvgIpc) is 3.18. The monoisotopic (exact) mass is 341 g/mol. The number of benzene rings is 2. The van der Waals surface area contributed by atoms with Gasteiger partial charge in [-0.1, -0.05) is 24.3 Å². The lowest BCUT2D eigenvalue weighted by atomic mass is 10.2. The SMILES string of the molecule is Cc1nn(-c2cccc(C(=O)O)c2)c2cn3c(cc4ccccc43)cc12. The van der Waals surface area contributed by atoms with Crippen molar-refractivity contribution in [1.29, 1.82) is 0 Å². The van der Waals surface area contributed by atoms with Crippen LogP contribution in [0.15, 0.2) is 66.9 Å². The normalized spacial score (nSPS) is 11.6. The van der Waals surface area contributed by atoms with Gasteiger partial charge >= 0.3 is 5.97 Å². The minimum Gasteiger partial charge on any atom is -0.478 e. The highest BCUT2D eigenvalue weighted by Crippen LogP contribution is 2.28. The van der Waals surface area contributed by atoms with Crippen LogP contribution in [-0.4, -0.2) is 25.3 Å². The van der Waals surface area contributed by atoms with Gasteiger partial charge in [-0.15, -0.1) is 0 Å². The van der Waals surface area contributed by atoms with E-state index in [0.717, 1.165) is 33.3 Å². The molecule has 3 heterocycles. The van der Waals surface area contributed by atoms with E-state index in [4.69, 9.17) is 0 Å². The molecular formula is C21H15N3O2. The molecule has 5 nitrogen and oxygen atoms in total. The topological polar surface area (TPSA) is 59.5 Å². The van der Waals surface area contributed by atoms with Gasteiger partial charge in [0.25, 0.3) is 0 Å². The van der Waals surface area contributed by atoms with E-state index in [9.17, 15) is 9.90 Å². The second-order valence-corrected chi connectivity index (χ2v) is 6.42. The zero-order valence-electron chi connectivity index (χ0n) is 14.0. The number of rotatable bonds is 2. The Bertz CT molecular complexity index is 1330. The van der Waals surface area contributed by atoms with Crippen molar-refractivity contribution >= 4 is 33.3 Å². The maximum Gasteiger partial charge on any atom is 0.335 e. The van der Waals surface area contributed by atoms with Gasteiger partial charge in [0.1, 0.15) is 0 Å². The van der Waals surface area contributed by atoms with Gasteiger partial charge in [0, 0.05) is 22.5 Å². The van der Waals surface area contributed by atoms with Crippen molar-refractivity contribution in [1.82, 2.24) is 14.2 Å². The van der Waals surface area contributed by atoms with E-state index < -0.39 is 5.97 Å². The predicted molar refractivity (Wildman–Crippen MR) is 101 cm³/mol. The highest BCUT2D eigenvalue weighted by Gasteiger charge is 2.13. The largest absolute Gasteiger partial charge is 0.478 e. The van der Waals surface area contributed by atoms with E-state index in [1.54, 1.807) is 18.2 Å². The maximum atomic E-state index is 11.3. The Kier molecular flexibility index (Phi) is 2.94. The number of fused-ring (bicyclic) bond motifs is 4. The van der Waals surface area contributed by atoms with Crippen molar-refractivity contribution in [3.05, 3.63) is 78.1 Å². The van der Waals surface area contributed by atoms with E-state index in [2.05, 4.69) is 40.0 Å². The van der Waals surface area contributed by atoms with Gasteiger partial charge in [0.2, 0.25) is 0 Å². The van der Waals surface area contributed by atoms with E-state index >= 15 is 0 Å². The van der Waals surface area contributed by atoms with Crippen LogP contribution in [-0.2, 0) is 0 Å². The molecule has 0 atom stereocenters. The molecule has 0 bridgehead atoms. The number of carbonyl (C=O) groups is 1. The van der Waals surface area contributed by atoms with E-state index in [1.807, 2.05) is 29.8 Å². The van der Waals surface area contributed by atoms with Crippen LogP contribution < -0.4 is 0 Å². The molecule has 0 radical (unpaired) electrons. The fourth-order valence-electron chi connectivity index (χ4n) is 3.55. The van der Waals surface area contributed by atoms with Gasteiger partial charge in [-0.2, -0.15) is 5.10 Å². The van der Waals surface area contributed by atoms with Crippen molar-refractivity contribution in [3.63, 3.8) is 0 Å². The molecule has 0 aliphatic rings. The molecule has 5 heteroatoms. The Balaban J connectivity index is 1.84. The molecule has 26 heavy (non-hydrogen) atoms. The second-order valence-electron chi connectivity index (χ2n) is 6.42. The Hall–Kier alpha value is -3.60. The molecule has 0 unspecified atom stereocenters. The van der Waals surface area contributed by atoms with Crippen molar-refractivity contribution in [2.24, 2.45) is 0 Å². The summed E-state index contributed by atoms with van der Waals surface area (Å²) in [6.45, 7) is 1.97. The molecule has 126 valence electrons. The maximum absolute atomic E-state index is 11.3. The lowest BCUT2D eigenvalue weighted by molar-refractivity contribution is 0.0697. The Morgan fingerprint density at radius 2 is 1.85 bits per heavy atom. The smallest absolute Gasteiger partial charge is 0.335 e. The average molecular weight is 341 g/mol. The summed E-state index contributed by atoms with van der Waals surface area (Å²) in [7, 11) is 0. The number of aromatic nitrogens is 3. The number of carboxylic acid groups (broad SMARTS) is 1. The van der Waals surface area contributed by atoms with Crippen LogP contribution in [0, 0.1) is 6.92 Å². The number of pyridine rings is 1. The molecule has 1 N–H and O–H groups in total. The lowest BCUT2D eigenvalue weighted by Crippen LogP contribution is -2.01. The summed E-state index contributed by atoms with van der Waals surface area (Å²) >= 11 is 0. The lowest BCUT2D eigenvalue weighted by Gasteiger charge is -2.06. The molecule has 0 saturated carbocycles. The summed E-state index contributed by atoms with van der Waals surface area (Å²) in [4.78, 5) is 11.3. The van der Waals surface area contributed by atoms with Crippen LogP contribution in [0.1, 0.15) is 16.1 Å². The molecule has 0 spiro atoms. The van der Waals surface area contributed by atoms with E-state index in [1.165, 1.54) is 5.39 Å². The Morgan fingerprint density at radius 1 is 1.00 bits per heavy atom. The summed E-state index contributed by atoms with van der Waals surface area (Å²) in [6, 6.07) is 19.4. The van der Waals surface area contributed by atoms with Crippen molar-refractivity contribution in [2.75, 3.05) is 0 Å². The van der Waals surface area contributed by atoms with E-state index in [-0.39, 0.29) is 5.56 Å². The summed E-state index contributed by atoms with van der Waals surface area (Å²) in [5, 5.41) is 16.2. The van der Waals surface area contributed by atoms with Gasteiger partial charge in [-0.3, -0.25) is 0 Å². The fourth-order valence-corrected chi connectivity index (χ4v) is 3.55. The highest BCUT2D eigenvalue weighted by molar-refractivity contribution is 5.94. The molecule has 0 fully saturated rings. The molecule has 0 aliphatic carbocycles. The summed E-state index contributed by atoms with van der Waals surface area (Å²) < 4.78 is 3.96. The van der Waals surface area contributed by atoms with Crippen molar-refractivity contribution in [3.8, 4) is 5.69 Å². The minimum absolute atomic E-state index is 0.247. The fraction of sp³-hybridized carbons (Fsp3) is 0.0476. The van der Waals surface area contributed by atoms with Crippen LogP contribution in [0.4, 0.5) is 0 Å². The molecule has 0 amide bonds. The number of nitrogens with zero attached hydrogens (tertiary/aromatic N) is 3. The highest BCUT2D eigenvalue weighted by atomic mass is 16.4. The van der Waals surface area contributed by atoms with Gasteiger partial charge in [0.15, 0.2) is 0 Å². The van der Waals surface area contributed by atoms with Crippen LogP contribution >= 0.6 is 0 Å². The molecule has 5 aromatic rings. The Morgan fingerprint density at radius 3 is 2.69 bits per heavy atom. The third-order valence-corrected chi connectivity index (χ3v) is 4.80. The zero-order chi connectivity index (χ0) is 17.8. The molecular weight excluding hydrogens is 326 g/mol. The van der Waals surface area contributed by atoms with Crippen LogP contribution in [0.25, 0.3) is 33.0 Å². The first kappa shape index (κ1) is 14.7. The first-order valence-electron chi connectivity index (χ1n) is 8.35. The summed E-state index contributed by atoms with van der Waals surface area (Å²) in [5.74, 6) is -0.946. The Labute approximate surface area is 148 Å². The first-order valence-corrected chi connectivity index (χ1v) is 8.35. The van der Waals surface area contributed by atoms with Gasteiger partial charge in [-0.05, 0) is 43.3 Å². The molecule has 3 aromatic heterocycles. The third-order valence-electron chi connectivity index (χ3n) is 4.80. The first-order chi connectivity index (χ1) is 12.6. The molecule has 0 aliphatic heterocycles. The van der Waals surface area contributed by atoms with Gasteiger partial charge in [0.05, 0.1) is 28.0 Å². The van der Waals surface area contributed by atoms with Crippen LogP contribution in [0.2, 0.25) is 0 Å². The van der Waals surface area contributed by atoms with E-state index in [0.29, 0.717) is 0 Å². The number of aromatic carboxylic acids is 1. The minimum atomic E-state index is -0.946. The summed E-state index contributed by atoms with van der Waals surface area (Å²) in [6.07, 6.45) is 2.07. The van der Waals surface area contributed by atoms with Gasteiger partial charge < -0.3 is 9.51 Å². The second kappa shape index (κ2) is 5.20. The number of carboxylic acids is 1. The molecule has 5 rings (SSSR count).